The molecule has 1 aromatic carbocycles. The fraction of sp³-hybridized carbons (Fsp3) is 0.500. The SMILES string of the molecule is COc1ccc(CN(C)C2CNC2)c(O)c1. The summed E-state index contributed by atoms with van der Waals surface area (Å²) in [4.78, 5) is 2.25. The standard InChI is InChI=1S/C12H18N2O2/c1-14(10-6-13-7-10)8-9-3-4-11(16-2)5-12(9)15/h3-5,10,13,15H,6-8H2,1-2H3. The maximum absolute atomic E-state index is 9.82. The molecule has 0 radical (unpaired) electrons. The quantitative estimate of drug-likeness (QED) is 0.791. The summed E-state index contributed by atoms with van der Waals surface area (Å²) in [6.45, 7) is 2.84. The molecule has 1 aliphatic rings. The van der Waals surface area contributed by atoms with Gasteiger partial charge in [0, 0.05) is 37.3 Å². The number of hydrogen-bond acceptors (Lipinski definition) is 4. The molecule has 2 N–H and O–H groups in total. The van der Waals surface area contributed by atoms with E-state index in [0.717, 1.165) is 25.2 Å². The number of rotatable bonds is 4. The number of ether oxygens (including phenoxy) is 1. The van der Waals surface area contributed by atoms with Crippen molar-refractivity contribution >= 4 is 0 Å². The molecule has 2 rings (SSSR count). The van der Waals surface area contributed by atoms with Crippen LogP contribution in [0, 0.1) is 0 Å². The van der Waals surface area contributed by atoms with Crippen LogP contribution in [0.1, 0.15) is 5.56 Å². The Labute approximate surface area is 95.8 Å². The van der Waals surface area contributed by atoms with Gasteiger partial charge in [-0.15, -0.1) is 0 Å². The minimum atomic E-state index is 0.304. The van der Waals surface area contributed by atoms with Gasteiger partial charge >= 0.3 is 0 Å². The van der Waals surface area contributed by atoms with E-state index in [9.17, 15) is 5.11 Å². The van der Waals surface area contributed by atoms with Crippen LogP contribution in [0.3, 0.4) is 0 Å². The van der Waals surface area contributed by atoms with Crippen molar-refractivity contribution in [2.75, 3.05) is 27.2 Å². The van der Waals surface area contributed by atoms with Crippen molar-refractivity contribution in [2.24, 2.45) is 0 Å². The van der Waals surface area contributed by atoms with Gasteiger partial charge in [-0.2, -0.15) is 0 Å². The number of phenols is 1. The Bertz CT molecular complexity index is 364. The third-order valence-corrected chi connectivity index (χ3v) is 3.10. The Hall–Kier alpha value is -1.26. The Balaban J connectivity index is 2.03. The Morgan fingerprint density at radius 1 is 1.50 bits per heavy atom. The predicted octanol–water partition coefficient (Wildman–Crippen LogP) is 0.804. The second kappa shape index (κ2) is 4.72. The van der Waals surface area contributed by atoms with Crippen LogP contribution in [0.4, 0.5) is 0 Å². The summed E-state index contributed by atoms with van der Waals surface area (Å²) in [6.07, 6.45) is 0. The minimum Gasteiger partial charge on any atom is -0.507 e. The number of hydrogen-bond donors (Lipinski definition) is 2. The highest BCUT2D eigenvalue weighted by molar-refractivity contribution is 5.39. The second-order valence-corrected chi connectivity index (χ2v) is 4.22. The second-order valence-electron chi connectivity index (χ2n) is 4.22. The van der Waals surface area contributed by atoms with Gasteiger partial charge in [0.1, 0.15) is 11.5 Å². The number of aromatic hydroxyl groups is 1. The number of likely N-dealkylation sites (N-methyl/N-ethyl adjacent to an activating group) is 1. The van der Waals surface area contributed by atoms with Crippen LogP contribution in [0.5, 0.6) is 11.5 Å². The molecule has 0 amide bonds. The average Bonchev–Trinajstić information content (AvgIpc) is 2.18. The number of nitrogens with one attached hydrogen (secondary N) is 1. The van der Waals surface area contributed by atoms with E-state index < -0.39 is 0 Å². The highest BCUT2D eigenvalue weighted by Gasteiger charge is 2.21. The number of phenolic OH excluding ortho intramolecular Hbond substituents is 1. The molecule has 0 aromatic heterocycles. The zero-order valence-corrected chi connectivity index (χ0v) is 9.73. The maximum atomic E-state index is 9.82. The molecule has 1 aromatic rings. The summed E-state index contributed by atoms with van der Waals surface area (Å²) >= 11 is 0. The van der Waals surface area contributed by atoms with Crippen LogP contribution in [0.25, 0.3) is 0 Å². The van der Waals surface area contributed by atoms with Gasteiger partial charge in [-0.3, -0.25) is 4.90 Å². The van der Waals surface area contributed by atoms with E-state index in [1.165, 1.54) is 0 Å². The summed E-state index contributed by atoms with van der Waals surface area (Å²) in [7, 11) is 3.68. The lowest BCUT2D eigenvalue weighted by molar-refractivity contribution is 0.171. The molecule has 4 nitrogen and oxygen atoms in total. The third-order valence-electron chi connectivity index (χ3n) is 3.10. The topological polar surface area (TPSA) is 44.7 Å². The highest BCUT2D eigenvalue weighted by Crippen LogP contribution is 2.24. The van der Waals surface area contributed by atoms with Crippen LogP contribution in [-0.2, 0) is 6.54 Å². The minimum absolute atomic E-state index is 0.304. The van der Waals surface area contributed by atoms with Gasteiger partial charge in [0.15, 0.2) is 0 Å². The van der Waals surface area contributed by atoms with Gasteiger partial charge in [0.05, 0.1) is 7.11 Å². The van der Waals surface area contributed by atoms with Crippen LogP contribution in [0.15, 0.2) is 18.2 Å². The molecule has 0 unspecified atom stereocenters. The summed E-state index contributed by atoms with van der Waals surface area (Å²) in [5, 5.41) is 13.1. The molecular formula is C12H18N2O2. The first-order chi connectivity index (χ1) is 7.70. The molecule has 1 heterocycles. The largest absolute Gasteiger partial charge is 0.507 e. The van der Waals surface area contributed by atoms with Crippen molar-refractivity contribution in [1.82, 2.24) is 10.2 Å². The zero-order chi connectivity index (χ0) is 11.5. The first-order valence-electron chi connectivity index (χ1n) is 5.47. The van der Waals surface area contributed by atoms with Crippen LogP contribution >= 0.6 is 0 Å². The van der Waals surface area contributed by atoms with Crippen molar-refractivity contribution in [3.8, 4) is 11.5 Å². The molecule has 4 heteroatoms. The van der Waals surface area contributed by atoms with Gasteiger partial charge in [0.25, 0.3) is 0 Å². The zero-order valence-electron chi connectivity index (χ0n) is 9.73. The molecule has 88 valence electrons. The van der Waals surface area contributed by atoms with E-state index >= 15 is 0 Å². The van der Waals surface area contributed by atoms with Crippen molar-refractivity contribution in [3.05, 3.63) is 23.8 Å². The molecule has 16 heavy (non-hydrogen) atoms. The van der Waals surface area contributed by atoms with Crippen LogP contribution in [0.2, 0.25) is 0 Å². The van der Waals surface area contributed by atoms with Gasteiger partial charge in [0.2, 0.25) is 0 Å². The van der Waals surface area contributed by atoms with Crippen molar-refractivity contribution in [1.29, 1.82) is 0 Å². The van der Waals surface area contributed by atoms with E-state index in [-0.39, 0.29) is 0 Å². The van der Waals surface area contributed by atoms with E-state index in [0.29, 0.717) is 17.5 Å². The summed E-state index contributed by atoms with van der Waals surface area (Å²) < 4.78 is 5.05. The molecule has 0 spiro atoms. The third kappa shape index (κ3) is 2.28. The van der Waals surface area contributed by atoms with Crippen molar-refractivity contribution in [3.63, 3.8) is 0 Å². The molecular weight excluding hydrogens is 204 g/mol. The molecule has 1 aliphatic heterocycles. The normalized spacial score (nSPS) is 16.2. The van der Waals surface area contributed by atoms with Gasteiger partial charge in [-0.1, -0.05) is 6.07 Å². The molecule has 0 saturated carbocycles. The molecule has 1 saturated heterocycles. The van der Waals surface area contributed by atoms with Crippen molar-refractivity contribution in [2.45, 2.75) is 12.6 Å². The summed E-state index contributed by atoms with van der Waals surface area (Å²) in [5.41, 5.74) is 0.940. The van der Waals surface area contributed by atoms with Crippen LogP contribution < -0.4 is 10.1 Å². The van der Waals surface area contributed by atoms with E-state index in [1.54, 1.807) is 13.2 Å². The number of benzene rings is 1. The number of nitrogens with zero attached hydrogens (tertiary/aromatic N) is 1. The van der Waals surface area contributed by atoms with Gasteiger partial charge in [-0.25, -0.2) is 0 Å². The van der Waals surface area contributed by atoms with E-state index in [1.807, 2.05) is 12.1 Å². The fourth-order valence-electron chi connectivity index (χ4n) is 1.79. The van der Waals surface area contributed by atoms with Gasteiger partial charge in [-0.05, 0) is 13.1 Å². The Morgan fingerprint density at radius 2 is 2.25 bits per heavy atom. The molecule has 0 atom stereocenters. The van der Waals surface area contributed by atoms with E-state index in [2.05, 4.69) is 17.3 Å². The Kier molecular flexibility index (Phi) is 3.31. The average molecular weight is 222 g/mol. The summed E-state index contributed by atoms with van der Waals surface area (Å²) in [5.74, 6) is 0.993. The molecule has 1 fully saturated rings. The smallest absolute Gasteiger partial charge is 0.123 e. The maximum Gasteiger partial charge on any atom is 0.123 e. The molecule has 0 bridgehead atoms. The van der Waals surface area contributed by atoms with Gasteiger partial charge < -0.3 is 15.2 Å². The van der Waals surface area contributed by atoms with Crippen molar-refractivity contribution < 1.29 is 9.84 Å². The van der Waals surface area contributed by atoms with E-state index in [4.69, 9.17) is 4.74 Å². The molecule has 0 aliphatic carbocycles. The lowest BCUT2D eigenvalue weighted by Crippen LogP contribution is -2.55. The highest BCUT2D eigenvalue weighted by atomic mass is 16.5. The first-order valence-corrected chi connectivity index (χ1v) is 5.47. The monoisotopic (exact) mass is 222 g/mol. The fourth-order valence-corrected chi connectivity index (χ4v) is 1.79. The van der Waals surface area contributed by atoms with Crippen LogP contribution in [-0.4, -0.2) is 43.3 Å². The Morgan fingerprint density at radius 3 is 2.75 bits per heavy atom. The lowest BCUT2D eigenvalue weighted by Gasteiger charge is -2.35. The first kappa shape index (κ1) is 11.2. The lowest BCUT2D eigenvalue weighted by atomic mass is 10.1. The summed E-state index contributed by atoms with van der Waals surface area (Å²) in [6, 6.07) is 6.03. The predicted molar refractivity (Wildman–Crippen MR) is 62.8 cm³/mol. The number of methoxy groups -OCH3 is 1.